The Balaban J connectivity index is 1.99. The molecule has 0 saturated carbocycles. The summed E-state index contributed by atoms with van der Waals surface area (Å²) >= 11 is 0. The predicted molar refractivity (Wildman–Crippen MR) is 92.7 cm³/mol. The van der Waals surface area contributed by atoms with Gasteiger partial charge in [0.15, 0.2) is 0 Å². The van der Waals surface area contributed by atoms with Crippen LogP contribution in [0.5, 0.6) is 5.75 Å². The number of benzene rings is 2. The Morgan fingerprint density at radius 3 is 2.23 bits per heavy atom. The molecular formula is C19H21F3N2O2. The maximum atomic E-state index is 12.4. The van der Waals surface area contributed by atoms with Gasteiger partial charge in [-0.1, -0.05) is 42.5 Å². The number of hydrogen-bond donors (Lipinski definition) is 1. The SMILES string of the molecule is CN(C)CC(NC(=O)Cc1ccc(OC(F)(F)F)cc1)c1ccccc1. The highest BCUT2D eigenvalue weighted by molar-refractivity contribution is 5.79. The lowest BCUT2D eigenvalue weighted by atomic mass is 10.1. The fraction of sp³-hybridized carbons (Fsp3) is 0.316. The second-order valence-corrected chi connectivity index (χ2v) is 6.16. The van der Waals surface area contributed by atoms with Crippen LogP contribution in [0, 0.1) is 0 Å². The molecule has 0 aliphatic heterocycles. The van der Waals surface area contributed by atoms with Crippen LogP contribution >= 0.6 is 0 Å². The molecule has 0 bridgehead atoms. The van der Waals surface area contributed by atoms with E-state index in [1.54, 1.807) is 0 Å². The second-order valence-electron chi connectivity index (χ2n) is 6.16. The fourth-order valence-corrected chi connectivity index (χ4v) is 2.52. The molecule has 0 radical (unpaired) electrons. The van der Waals surface area contributed by atoms with E-state index in [-0.39, 0.29) is 24.1 Å². The van der Waals surface area contributed by atoms with Gasteiger partial charge in [-0.3, -0.25) is 4.79 Å². The van der Waals surface area contributed by atoms with Gasteiger partial charge in [0.2, 0.25) is 5.91 Å². The van der Waals surface area contributed by atoms with Gasteiger partial charge in [0.1, 0.15) is 5.75 Å². The smallest absolute Gasteiger partial charge is 0.406 e. The molecule has 7 heteroatoms. The van der Waals surface area contributed by atoms with Crippen molar-refractivity contribution >= 4 is 5.91 Å². The molecular weight excluding hydrogens is 345 g/mol. The molecule has 0 fully saturated rings. The molecule has 0 saturated heterocycles. The molecule has 26 heavy (non-hydrogen) atoms. The van der Waals surface area contributed by atoms with Crippen LogP contribution in [0.3, 0.4) is 0 Å². The van der Waals surface area contributed by atoms with E-state index in [0.29, 0.717) is 12.1 Å². The van der Waals surface area contributed by atoms with E-state index < -0.39 is 6.36 Å². The Kier molecular flexibility index (Phi) is 6.63. The standard InChI is InChI=1S/C19H21F3N2O2/c1-24(2)13-17(15-6-4-3-5-7-15)23-18(25)12-14-8-10-16(11-9-14)26-19(20,21)22/h3-11,17H,12-13H2,1-2H3,(H,23,25). The fourth-order valence-electron chi connectivity index (χ4n) is 2.52. The third-order valence-corrected chi connectivity index (χ3v) is 3.61. The Bertz CT molecular complexity index is 701. The van der Waals surface area contributed by atoms with E-state index in [2.05, 4.69) is 10.1 Å². The molecule has 0 aliphatic rings. The molecule has 1 unspecified atom stereocenters. The highest BCUT2D eigenvalue weighted by Crippen LogP contribution is 2.23. The number of rotatable bonds is 7. The van der Waals surface area contributed by atoms with E-state index >= 15 is 0 Å². The minimum atomic E-state index is -4.73. The first-order chi connectivity index (χ1) is 12.2. The molecule has 2 aromatic rings. The number of nitrogens with one attached hydrogen (secondary N) is 1. The summed E-state index contributed by atoms with van der Waals surface area (Å²) in [5.74, 6) is -0.512. The highest BCUT2D eigenvalue weighted by Gasteiger charge is 2.31. The van der Waals surface area contributed by atoms with Crippen LogP contribution in [-0.2, 0) is 11.2 Å². The zero-order chi connectivity index (χ0) is 19.2. The van der Waals surface area contributed by atoms with Crippen molar-refractivity contribution < 1.29 is 22.7 Å². The summed E-state index contributed by atoms with van der Waals surface area (Å²) in [5.41, 5.74) is 1.59. The van der Waals surface area contributed by atoms with Crippen LogP contribution in [0.4, 0.5) is 13.2 Å². The maximum absolute atomic E-state index is 12.4. The number of likely N-dealkylation sites (N-methyl/N-ethyl adjacent to an activating group) is 1. The summed E-state index contributed by atoms with van der Waals surface area (Å²) in [4.78, 5) is 14.3. The Morgan fingerprint density at radius 1 is 1.08 bits per heavy atom. The lowest BCUT2D eigenvalue weighted by Gasteiger charge is -2.23. The van der Waals surface area contributed by atoms with E-state index in [9.17, 15) is 18.0 Å². The van der Waals surface area contributed by atoms with Crippen LogP contribution < -0.4 is 10.1 Å². The number of carbonyl (C=O) groups is 1. The summed E-state index contributed by atoms with van der Waals surface area (Å²) < 4.78 is 40.3. The number of halogens is 3. The van der Waals surface area contributed by atoms with E-state index in [1.165, 1.54) is 24.3 Å². The van der Waals surface area contributed by atoms with Gasteiger partial charge in [-0.05, 0) is 37.4 Å². The van der Waals surface area contributed by atoms with Crippen molar-refractivity contribution in [1.29, 1.82) is 0 Å². The normalized spacial score (nSPS) is 12.7. The largest absolute Gasteiger partial charge is 0.573 e. The van der Waals surface area contributed by atoms with E-state index in [1.807, 2.05) is 49.3 Å². The summed E-state index contributed by atoms with van der Waals surface area (Å²) in [6.45, 7) is 0.633. The van der Waals surface area contributed by atoms with Crippen LogP contribution in [0.2, 0.25) is 0 Å². The third-order valence-electron chi connectivity index (χ3n) is 3.61. The van der Waals surface area contributed by atoms with Gasteiger partial charge in [-0.25, -0.2) is 0 Å². The first-order valence-electron chi connectivity index (χ1n) is 8.06. The van der Waals surface area contributed by atoms with Gasteiger partial charge in [0.25, 0.3) is 0 Å². The van der Waals surface area contributed by atoms with Crippen molar-refractivity contribution in [2.45, 2.75) is 18.8 Å². The Labute approximate surface area is 150 Å². The zero-order valence-electron chi connectivity index (χ0n) is 14.6. The van der Waals surface area contributed by atoms with Gasteiger partial charge < -0.3 is 15.0 Å². The topological polar surface area (TPSA) is 41.6 Å². The van der Waals surface area contributed by atoms with Crippen molar-refractivity contribution in [3.63, 3.8) is 0 Å². The molecule has 2 aromatic carbocycles. The summed E-state index contributed by atoms with van der Waals surface area (Å²) in [6.07, 6.45) is -4.66. The number of alkyl halides is 3. The number of nitrogens with zero attached hydrogens (tertiary/aromatic N) is 1. The maximum Gasteiger partial charge on any atom is 0.573 e. The van der Waals surface area contributed by atoms with Crippen molar-refractivity contribution in [2.24, 2.45) is 0 Å². The molecule has 1 N–H and O–H groups in total. The Hall–Kier alpha value is -2.54. The highest BCUT2D eigenvalue weighted by atomic mass is 19.4. The van der Waals surface area contributed by atoms with Crippen LogP contribution in [0.25, 0.3) is 0 Å². The van der Waals surface area contributed by atoms with Gasteiger partial charge in [0, 0.05) is 6.54 Å². The summed E-state index contributed by atoms with van der Waals surface area (Å²) in [6, 6.07) is 14.7. The van der Waals surface area contributed by atoms with E-state index in [4.69, 9.17) is 0 Å². The van der Waals surface area contributed by atoms with Crippen LogP contribution in [0.1, 0.15) is 17.2 Å². The average Bonchev–Trinajstić information content (AvgIpc) is 2.55. The molecule has 0 heterocycles. The Morgan fingerprint density at radius 2 is 1.69 bits per heavy atom. The third kappa shape index (κ3) is 6.76. The van der Waals surface area contributed by atoms with Gasteiger partial charge in [-0.2, -0.15) is 0 Å². The minimum absolute atomic E-state index is 0.0725. The molecule has 0 aliphatic carbocycles. The molecule has 1 amide bonds. The molecule has 4 nitrogen and oxygen atoms in total. The molecule has 2 rings (SSSR count). The van der Waals surface area contributed by atoms with Gasteiger partial charge >= 0.3 is 6.36 Å². The number of carbonyl (C=O) groups excluding carboxylic acids is 1. The lowest BCUT2D eigenvalue weighted by molar-refractivity contribution is -0.274. The van der Waals surface area contributed by atoms with Crippen molar-refractivity contribution in [3.05, 3.63) is 65.7 Å². The van der Waals surface area contributed by atoms with Crippen molar-refractivity contribution in [1.82, 2.24) is 10.2 Å². The van der Waals surface area contributed by atoms with Crippen LogP contribution in [-0.4, -0.2) is 37.8 Å². The zero-order valence-corrected chi connectivity index (χ0v) is 14.6. The predicted octanol–water partition coefficient (Wildman–Crippen LogP) is 3.55. The number of amides is 1. The second kappa shape index (κ2) is 8.71. The monoisotopic (exact) mass is 366 g/mol. The lowest BCUT2D eigenvalue weighted by Crippen LogP contribution is -2.36. The molecule has 140 valence electrons. The molecule has 0 aromatic heterocycles. The number of hydrogen-bond acceptors (Lipinski definition) is 3. The summed E-state index contributed by atoms with van der Waals surface area (Å²) in [7, 11) is 3.84. The average molecular weight is 366 g/mol. The van der Waals surface area contributed by atoms with Crippen molar-refractivity contribution in [2.75, 3.05) is 20.6 Å². The quantitative estimate of drug-likeness (QED) is 0.815. The van der Waals surface area contributed by atoms with E-state index in [0.717, 1.165) is 5.56 Å². The number of ether oxygens (including phenoxy) is 1. The van der Waals surface area contributed by atoms with Crippen LogP contribution in [0.15, 0.2) is 54.6 Å². The molecule has 1 atom stereocenters. The molecule has 0 spiro atoms. The van der Waals surface area contributed by atoms with Gasteiger partial charge in [0.05, 0.1) is 12.5 Å². The van der Waals surface area contributed by atoms with Gasteiger partial charge in [-0.15, -0.1) is 13.2 Å². The first kappa shape index (κ1) is 19.8. The summed E-state index contributed by atoms with van der Waals surface area (Å²) in [5, 5.41) is 2.97. The first-order valence-corrected chi connectivity index (χ1v) is 8.06. The minimum Gasteiger partial charge on any atom is -0.406 e. The van der Waals surface area contributed by atoms with Crippen molar-refractivity contribution in [3.8, 4) is 5.75 Å².